The maximum Gasteiger partial charge on any atom is 0.270 e. The number of rotatable bonds is 6. The molecule has 0 spiro atoms. The Morgan fingerprint density at radius 2 is 2.06 bits per heavy atom. The lowest BCUT2D eigenvalue weighted by Crippen LogP contribution is -2.32. The second kappa shape index (κ2) is 9.71. The lowest BCUT2D eigenvalue weighted by atomic mass is 9.88. The lowest BCUT2D eigenvalue weighted by Gasteiger charge is -2.26. The molecule has 162 valence electrons. The summed E-state index contributed by atoms with van der Waals surface area (Å²) in [5, 5.41) is 12.8. The summed E-state index contributed by atoms with van der Waals surface area (Å²) in [6.45, 7) is 0. The van der Waals surface area contributed by atoms with E-state index in [9.17, 15) is 14.9 Å². The van der Waals surface area contributed by atoms with E-state index in [-0.39, 0.29) is 29.0 Å². The molecule has 7 nitrogen and oxygen atoms in total. The van der Waals surface area contributed by atoms with Crippen LogP contribution in [0.5, 0.6) is 5.75 Å². The van der Waals surface area contributed by atoms with Crippen LogP contribution in [0.1, 0.15) is 35.6 Å². The fourth-order valence-corrected chi connectivity index (χ4v) is 4.53. The lowest BCUT2D eigenvalue weighted by molar-refractivity contribution is -0.119. The molecule has 2 N–H and O–H groups in total. The molecule has 1 heterocycles. The van der Waals surface area contributed by atoms with Gasteiger partial charge in [0.25, 0.3) is 5.56 Å². The van der Waals surface area contributed by atoms with Crippen LogP contribution in [0.15, 0.2) is 58.5 Å². The fourth-order valence-electron chi connectivity index (χ4n) is 3.86. The highest BCUT2D eigenvalue weighted by molar-refractivity contribution is 7.99. The van der Waals surface area contributed by atoms with E-state index in [0.29, 0.717) is 16.5 Å². The maximum absolute atomic E-state index is 12.6. The Morgan fingerprint density at radius 3 is 2.81 bits per heavy atom. The van der Waals surface area contributed by atoms with Crippen molar-refractivity contribution in [2.24, 2.45) is 0 Å². The quantitative estimate of drug-likeness (QED) is 0.442. The summed E-state index contributed by atoms with van der Waals surface area (Å²) in [5.41, 5.74) is 2.75. The number of methoxy groups -OCH3 is 1. The number of thioether (sulfide) groups is 1. The number of nitriles is 1. The molecular weight excluding hydrogens is 424 g/mol. The van der Waals surface area contributed by atoms with Gasteiger partial charge < -0.3 is 15.0 Å². The standard InChI is InChI=1S/C24H22N4O3S/c1-31-17-11-9-16(10-12-17)22-19(13-25)23(30)28-24(27-22)32-14-21(29)26-20-8-4-6-15-5-2-3-7-18(15)20/h2-3,5,7,9-12,20H,4,6,8,14H2,1H3,(H,26,29)(H,27,28,30). The van der Waals surface area contributed by atoms with Crippen LogP contribution in [0.4, 0.5) is 0 Å². The van der Waals surface area contributed by atoms with Crippen LogP contribution in [0.3, 0.4) is 0 Å². The molecule has 1 unspecified atom stereocenters. The van der Waals surface area contributed by atoms with Crippen LogP contribution in [-0.2, 0) is 11.2 Å². The smallest absolute Gasteiger partial charge is 0.270 e. The zero-order chi connectivity index (χ0) is 22.5. The predicted molar refractivity (Wildman–Crippen MR) is 123 cm³/mol. The molecule has 1 aliphatic rings. The summed E-state index contributed by atoms with van der Waals surface area (Å²) < 4.78 is 5.16. The van der Waals surface area contributed by atoms with E-state index in [2.05, 4.69) is 27.4 Å². The molecule has 0 fully saturated rings. The molecule has 32 heavy (non-hydrogen) atoms. The van der Waals surface area contributed by atoms with Crippen LogP contribution in [-0.4, -0.2) is 28.7 Å². The Kier molecular flexibility index (Phi) is 6.57. The molecule has 0 saturated heterocycles. The highest BCUT2D eigenvalue weighted by Crippen LogP contribution is 2.30. The van der Waals surface area contributed by atoms with E-state index in [1.165, 1.54) is 11.1 Å². The van der Waals surface area contributed by atoms with Gasteiger partial charge in [-0.3, -0.25) is 9.59 Å². The third kappa shape index (κ3) is 4.68. The molecule has 2 aromatic carbocycles. The zero-order valence-corrected chi connectivity index (χ0v) is 18.4. The first-order valence-electron chi connectivity index (χ1n) is 10.3. The Balaban J connectivity index is 1.49. The van der Waals surface area contributed by atoms with Gasteiger partial charge in [0, 0.05) is 5.56 Å². The summed E-state index contributed by atoms with van der Waals surface area (Å²) in [4.78, 5) is 32.1. The minimum Gasteiger partial charge on any atom is -0.497 e. The van der Waals surface area contributed by atoms with Gasteiger partial charge in [0.2, 0.25) is 5.91 Å². The molecule has 4 rings (SSSR count). The largest absolute Gasteiger partial charge is 0.497 e. The highest BCUT2D eigenvalue weighted by Gasteiger charge is 2.22. The van der Waals surface area contributed by atoms with Crippen molar-refractivity contribution in [3.63, 3.8) is 0 Å². The number of aromatic amines is 1. The van der Waals surface area contributed by atoms with Crippen LogP contribution in [0, 0.1) is 11.3 Å². The van der Waals surface area contributed by atoms with Crippen molar-refractivity contribution >= 4 is 17.7 Å². The molecule has 1 aliphatic carbocycles. The number of aryl methyl sites for hydroxylation is 1. The normalized spacial score (nSPS) is 14.8. The molecule has 3 aromatic rings. The van der Waals surface area contributed by atoms with Gasteiger partial charge in [-0.05, 0) is 54.7 Å². The first-order valence-corrected chi connectivity index (χ1v) is 11.3. The maximum atomic E-state index is 12.6. The Morgan fingerprint density at radius 1 is 1.28 bits per heavy atom. The van der Waals surface area contributed by atoms with Gasteiger partial charge >= 0.3 is 0 Å². The summed E-state index contributed by atoms with van der Waals surface area (Å²) in [7, 11) is 1.56. The van der Waals surface area contributed by atoms with E-state index in [1.54, 1.807) is 31.4 Å². The average molecular weight is 447 g/mol. The number of nitrogens with one attached hydrogen (secondary N) is 2. The SMILES string of the molecule is COc1ccc(-c2nc(SCC(=O)NC3CCCc4ccccc43)[nH]c(=O)c2C#N)cc1. The van der Waals surface area contributed by atoms with Gasteiger partial charge in [-0.2, -0.15) is 5.26 Å². The molecule has 0 aliphatic heterocycles. The van der Waals surface area contributed by atoms with Gasteiger partial charge in [0.15, 0.2) is 5.16 Å². The summed E-state index contributed by atoms with van der Waals surface area (Å²) in [6, 6.07) is 17.0. The Labute approximate surface area is 189 Å². The molecule has 0 bridgehead atoms. The van der Waals surface area contributed by atoms with E-state index in [0.717, 1.165) is 31.0 Å². The highest BCUT2D eigenvalue weighted by atomic mass is 32.2. The van der Waals surface area contributed by atoms with Crippen molar-refractivity contribution in [1.82, 2.24) is 15.3 Å². The number of amides is 1. The molecule has 0 saturated carbocycles. The number of ether oxygens (including phenoxy) is 1. The predicted octanol–water partition coefficient (Wildman–Crippen LogP) is 3.60. The van der Waals surface area contributed by atoms with Crippen molar-refractivity contribution in [3.05, 3.63) is 75.6 Å². The monoisotopic (exact) mass is 446 g/mol. The molecule has 1 atom stereocenters. The van der Waals surface area contributed by atoms with Gasteiger partial charge in [-0.25, -0.2) is 4.98 Å². The molecule has 8 heteroatoms. The van der Waals surface area contributed by atoms with Crippen molar-refractivity contribution < 1.29 is 9.53 Å². The molecule has 1 amide bonds. The topological polar surface area (TPSA) is 108 Å². The molecule has 1 aromatic heterocycles. The van der Waals surface area contributed by atoms with Gasteiger partial charge in [0.05, 0.1) is 24.6 Å². The van der Waals surface area contributed by atoms with Crippen LogP contribution in [0.2, 0.25) is 0 Å². The van der Waals surface area contributed by atoms with E-state index >= 15 is 0 Å². The zero-order valence-electron chi connectivity index (χ0n) is 17.6. The first-order chi connectivity index (χ1) is 15.6. The number of hydrogen-bond donors (Lipinski definition) is 2. The average Bonchev–Trinajstić information content (AvgIpc) is 2.82. The summed E-state index contributed by atoms with van der Waals surface area (Å²) in [6.07, 6.45) is 2.97. The number of carbonyl (C=O) groups is 1. The van der Waals surface area contributed by atoms with Crippen LogP contribution >= 0.6 is 11.8 Å². The van der Waals surface area contributed by atoms with Crippen LogP contribution in [0.25, 0.3) is 11.3 Å². The third-order valence-electron chi connectivity index (χ3n) is 5.42. The van der Waals surface area contributed by atoms with Crippen molar-refractivity contribution in [2.75, 3.05) is 12.9 Å². The number of nitrogens with zero attached hydrogens (tertiary/aromatic N) is 2. The molecule has 0 radical (unpaired) electrons. The van der Waals surface area contributed by atoms with Crippen LogP contribution < -0.4 is 15.6 Å². The number of H-pyrrole nitrogens is 1. The summed E-state index contributed by atoms with van der Waals surface area (Å²) in [5.74, 6) is 0.637. The first kappa shape index (κ1) is 21.7. The summed E-state index contributed by atoms with van der Waals surface area (Å²) >= 11 is 1.14. The Bertz CT molecular complexity index is 1230. The van der Waals surface area contributed by atoms with E-state index in [1.807, 2.05) is 18.2 Å². The second-order valence-corrected chi connectivity index (χ2v) is 8.40. The Hall–Kier alpha value is -3.57. The number of hydrogen-bond acceptors (Lipinski definition) is 6. The molecular formula is C24H22N4O3S. The van der Waals surface area contributed by atoms with Crippen molar-refractivity contribution in [1.29, 1.82) is 5.26 Å². The number of benzene rings is 2. The van der Waals surface area contributed by atoms with E-state index < -0.39 is 5.56 Å². The minimum atomic E-state index is -0.530. The van der Waals surface area contributed by atoms with Crippen molar-refractivity contribution in [2.45, 2.75) is 30.5 Å². The second-order valence-electron chi connectivity index (χ2n) is 7.43. The number of fused-ring (bicyclic) bond motifs is 1. The minimum absolute atomic E-state index is 0.00381. The van der Waals surface area contributed by atoms with Gasteiger partial charge in [-0.15, -0.1) is 0 Å². The number of aromatic nitrogens is 2. The van der Waals surface area contributed by atoms with Gasteiger partial charge in [-0.1, -0.05) is 36.0 Å². The van der Waals surface area contributed by atoms with Crippen molar-refractivity contribution in [3.8, 4) is 23.1 Å². The fraction of sp³-hybridized carbons (Fsp3) is 0.250. The number of carbonyl (C=O) groups excluding carboxylic acids is 1. The van der Waals surface area contributed by atoms with E-state index in [4.69, 9.17) is 4.74 Å². The third-order valence-corrected chi connectivity index (χ3v) is 6.29. The van der Waals surface area contributed by atoms with Gasteiger partial charge in [0.1, 0.15) is 17.4 Å².